The molecule has 0 saturated carbocycles. The van der Waals surface area contributed by atoms with Crippen LogP contribution in [-0.2, 0) is 14.8 Å². The summed E-state index contributed by atoms with van der Waals surface area (Å²) in [7, 11) is -2.44. The van der Waals surface area contributed by atoms with Crippen molar-refractivity contribution in [3.63, 3.8) is 0 Å². The van der Waals surface area contributed by atoms with E-state index in [-0.39, 0.29) is 4.90 Å². The Bertz CT molecular complexity index is 814. The van der Waals surface area contributed by atoms with E-state index in [1.807, 2.05) is 6.26 Å². The molecular formula is C16H17NO4S2. The summed E-state index contributed by atoms with van der Waals surface area (Å²) in [5.41, 5.74) is 1.19. The first-order valence-electron chi connectivity index (χ1n) is 6.74. The van der Waals surface area contributed by atoms with Crippen LogP contribution in [0.4, 0.5) is 5.69 Å². The third kappa shape index (κ3) is 3.86. The SMILES string of the molecule is COC(=O)c1cccc(NS(=O)(=O)c2ccc(SC)cc2)c1C. The first kappa shape index (κ1) is 17.4. The largest absolute Gasteiger partial charge is 0.465 e. The Balaban J connectivity index is 2.35. The highest BCUT2D eigenvalue weighted by molar-refractivity contribution is 7.98. The Kier molecular flexibility index (Phi) is 5.33. The molecule has 0 aromatic heterocycles. The number of rotatable bonds is 5. The fraction of sp³-hybridized carbons (Fsp3) is 0.188. The lowest BCUT2D eigenvalue weighted by molar-refractivity contribution is 0.0600. The van der Waals surface area contributed by atoms with Crippen molar-refractivity contribution in [2.75, 3.05) is 18.1 Å². The van der Waals surface area contributed by atoms with Crippen molar-refractivity contribution in [2.45, 2.75) is 16.7 Å². The Hall–Kier alpha value is -1.99. The average Bonchev–Trinajstić information content (AvgIpc) is 2.56. The van der Waals surface area contributed by atoms with Gasteiger partial charge in [0.25, 0.3) is 10.0 Å². The van der Waals surface area contributed by atoms with Crippen LogP contribution in [0.5, 0.6) is 0 Å². The van der Waals surface area contributed by atoms with Gasteiger partial charge in [-0.15, -0.1) is 11.8 Å². The highest BCUT2D eigenvalue weighted by atomic mass is 32.2. The molecular weight excluding hydrogens is 334 g/mol. The lowest BCUT2D eigenvalue weighted by atomic mass is 10.1. The summed E-state index contributed by atoms with van der Waals surface area (Å²) in [4.78, 5) is 12.8. The molecule has 0 bridgehead atoms. The summed E-state index contributed by atoms with van der Waals surface area (Å²) in [5, 5.41) is 0. The number of sulfonamides is 1. The lowest BCUT2D eigenvalue weighted by Gasteiger charge is -2.13. The summed E-state index contributed by atoms with van der Waals surface area (Å²) < 4.78 is 32.2. The van der Waals surface area contributed by atoms with Crippen LogP contribution < -0.4 is 4.72 Å². The molecule has 0 aliphatic heterocycles. The fourth-order valence-corrected chi connectivity index (χ4v) is 3.57. The summed E-state index contributed by atoms with van der Waals surface area (Å²) in [5.74, 6) is -0.507. The number of hydrogen-bond donors (Lipinski definition) is 1. The van der Waals surface area contributed by atoms with Crippen LogP contribution in [0.2, 0.25) is 0 Å². The molecule has 2 aromatic carbocycles. The van der Waals surface area contributed by atoms with E-state index >= 15 is 0 Å². The Morgan fingerprint density at radius 1 is 1.13 bits per heavy atom. The molecule has 0 aliphatic carbocycles. The van der Waals surface area contributed by atoms with Crippen LogP contribution >= 0.6 is 11.8 Å². The van der Waals surface area contributed by atoms with Crippen molar-refractivity contribution >= 4 is 33.4 Å². The molecule has 0 heterocycles. The van der Waals surface area contributed by atoms with Crippen LogP contribution in [0.3, 0.4) is 0 Å². The summed E-state index contributed by atoms with van der Waals surface area (Å²) in [6.45, 7) is 1.67. The van der Waals surface area contributed by atoms with Crippen LogP contribution in [0, 0.1) is 6.92 Å². The molecule has 122 valence electrons. The number of esters is 1. The molecule has 0 atom stereocenters. The summed E-state index contributed by atoms with van der Waals surface area (Å²) in [6.07, 6.45) is 1.92. The van der Waals surface area contributed by atoms with Gasteiger partial charge in [0.1, 0.15) is 0 Å². The minimum absolute atomic E-state index is 0.165. The highest BCUT2D eigenvalue weighted by Crippen LogP contribution is 2.24. The second-order valence-corrected chi connectivity index (χ2v) is 7.31. The topological polar surface area (TPSA) is 72.5 Å². The van der Waals surface area contributed by atoms with Crippen molar-refractivity contribution in [3.05, 3.63) is 53.6 Å². The van der Waals surface area contributed by atoms with Crippen LogP contribution in [-0.4, -0.2) is 27.8 Å². The predicted molar refractivity (Wildman–Crippen MR) is 91.6 cm³/mol. The molecule has 0 saturated heterocycles. The van der Waals surface area contributed by atoms with Crippen molar-refractivity contribution in [3.8, 4) is 0 Å². The van der Waals surface area contributed by atoms with Gasteiger partial charge in [0, 0.05) is 4.90 Å². The molecule has 0 amide bonds. The first-order valence-corrected chi connectivity index (χ1v) is 9.44. The van der Waals surface area contributed by atoms with Crippen molar-refractivity contribution in [1.82, 2.24) is 0 Å². The molecule has 23 heavy (non-hydrogen) atoms. The molecule has 5 nitrogen and oxygen atoms in total. The number of hydrogen-bond acceptors (Lipinski definition) is 5. The molecule has 2 aromatic rings. The van der Waals surface area contributed by atoms with E-state index in [0.717, 1.165) is 4.90 Å². The lowest BCUT2D eigenvalue weighted by Crippen LogP contribution is -2.15. The number of benzene rings is 2. The average molecular weight is 351 g/mol. The minimum Gasteiger partial charge on any atom is -0.465 e. The maximum absolute atomic E-state index is 12.5. The third-order valence-corrected chi connectivity index (χ3v) is 5.48. The smallest absolute Gasteiger partial charge is 0.338 e. The molecule has 1 N–H and O–H groups in total. The summed E-state index contributed by atoms with van der Waals surface area (Å²) >= 11 is 1.54. The number of anilines is 1. The van der Waals surface area contributed by atoms with E-state index < -0.39 is 16.0 Å². The van der Waals surface area contributed by atoms with Gasteiger partial charge in [-0.1, -0.05) is 6.07 Å². The molecule has 0 spiro atoms. The predicted octanol–water partition coefficient (Wildman–Crippen LogP) is 3.30. The van der Waals surface area contributed by atoms with E-state index in [9.17, 15) is 13.2 Å². The third-order valence-electron chi connectivity index (χ3n) is 3.35. The molecule has 2 rings (SSSR count). The van der Waals surface area contributed by atoms with Gasteiger partial charge in [0.2, 0.25) is 0 Å². The van der Waals surface area contributed by atoms with Gasteiger partial charge in [-0.3, -0.25) is 4.72 Å². The van der Waals surface area contributed by atoms with Gasteiger partial charge in [0.15, 0.2) is 0 Å². The van der Waals surface area contributed by atoms with E-state index in [1.165, 1.54) is 18.9 Å². The number of nitrogens with one attached hydrogen (secondary N) is 1. The van der Waals surface area contributed by atoms with E-state index in [1.54, 1.807) is 49.4 Å². The molecule has 0 fully saturated rings. The standard InChI is InChI=1S/C16H17NO4S2/c1-11-14(16(18)21-2)5-4-6-15(11)17-23(19,20)13-9-7-12(22-3)8-10-13/h4-10,17H,1-3H3. The van der Waals surface area contributed by atoms with Gasteiger partial charge in [-0.25, -0.2) is 13.2 Å². The van der Waals surface area contributed by atoms with E-state index in [4.69, 9.17) is 4.74 Å². The number of methoxy groups -OCH3 is 1. The van der Waals surface area contributed by atoms with Crippen LogP contribution in [0.15, 0.2) is 52.3 Å². The fourth-order valence-electron chi connectivity index (χ4n) is 2.04. The van der Waals surface area contributed by atoms with Gasteiger partial charge in [-0.05, 0) is 55.1 Å². The second-order valence-electron chi connectivity index (χ2n) is 4.75. The van der Waals surface area contributed by atoms with E-state index in [2.05, 4.69) is 4.72 Å². The highest BCUT2D eigenvalue weighted by Gasteiger charge is 2.18. The maximum Gasteiger partial charge on any atom is 0.338 e. The molecule has 0 radical (unpaired) electrons. The number of carbonyl (C=O) groups excluding carboxylic acids is 1. The zero-order valence-corrected chi connectivity index (χ0v) is 14.6. The van der Waals surface area contributed by atoms with Crippen molar-refractivity contribution in [2.24, 2.45) is 0 Å². The quantitative estimate of drug-likeness (QED) is 0.661. The number of thioether (sulfide) groups is 1. The Labute approximate surface area is 140 Å². The Morgan fingerprint density at radius 2 is 1.78 bits per heavy atom. The monoisotopic (exact) mass is 351 g/mol. The number of carbonyl (C=O) groups is 1. The van der Waals surface area contributed by atoms with Crippen LogP contribution in [0.25, 0.3) is 0 Å². The molecule has 0 unspecified atom stereocenters. The first-order chi connectivity index (χ1) is 10.9. The molecule has 0 aliphatic rings. The maximum atomic E-state index is 12.5. The van der Waals surface area contributed by atoms with E-state index in [0.29, 0.717) is 16.8 Å². The normalized spacial score (nSPS) is 11.1. The van der Waals surface area contributed by atoms with Gasteiger partial charge >= 0.3 is 5.97 Å². The van der Waals surface area contributed by atoms with Crippen LogP contribution in [0.1, 0.15) is 15.9 Å². The minimum atomic E-state index is -3.72. The van der Waals surface area contributed by atoms with Gasteiger partial charge < -0.3 is 4.74 Å². The summed E-state index contributed by atoms with van der Waals surface area (Å²) in [6, 6.07) is 11.4. The second kappa shape index (κ2) is 7.06. The number of ether oxygens (including phenoxy) is 1. The van der Waals surface area contributed by atoms with Crippen molar-refractivity contribution < 1.29 is 17.9 Å². The van der Waals surface area contributed by atoms with Gasteiger partial charge in [-0.2, -0.15) is 0 Å². The zero-order chi connectivity index (χ0) is 17.0. The zero-order valence-electron chi connectivity index (χ0n) is 13.0. The Morgan fingerprint density at radius 3 is 2.35 bits per heavy atom. The molecule has 7 heteroatoms. The van der Waals surface area contributed by atoms with Crippen molar-refractivity contribution in [1.29, 1.82) is 0 Å². The van der Waals surface area contributed by atoms with Gasteiger partial charge in [0.05, 0.1) is 23.3 Å².